The van der Waals surface area contributed by atoms with Crippen LogP contribution in [-0.2, 0) is 6.54 Å². The summed E-state index contributed by atoms with van der Waals surface area (Å²) in [5.74, 6) is -0.318. The zero-order valence-electron chi connectivity index (χ0n) is 13.5. The minimum Gasteiger partial charge on any atom is -0.366 e. The standard InChI is InChI=1S/C18H18N4O2/c1-12-8-13(2)22(21-12)11-14-4-3-5-15(9-14)18(24)20-16-10-19-7-6-17(16)23/h3-10H,11H2,1-2H3,(H,19,23)(H,20,24). The number of H-pyrrole nitrogens is 1. The highest BCUT2D eigenvalue weighted by atomic mass is 16.2. The largest absolute Gasteiger partial charge is 0.366 e. The van der Waals surface area contributed by atoms with E-state index in [0.29, 0.717) is 12.1 Å². The Morgan fingerprint density at radius 3 is 2.79 bits per heavy atom. The monoisotopic (exact) mass is 322 g/mol. The Morgan fingerprint density at radius 1 is 1.25 bits per heavy atom. The van der Waals surface area contributed by atoms with Crippen LogP contribution >= 0.6 is 0 Å². The van der Waals surface area contributed by atoms with Gasteiger partial charge in [0.25, 0.3) is 5.91 Å². The van der Waals surface area contributed by atoms with E-state index in [0.717, 1.165) is 17.0 Å². The van der Waals surface area contributed by atoms with E-state index >= 15 is 0 Å². The second-order valence-corrected chi connectivity index (χ2v) is 5.66. The maximum absolute atomic E-state index is 12.4. The number of rotatable bonds is 4. The van der Waals surface area contributed by atoms with Crippen LogP contribution in [-0.4, -0.2) is 20.7 Å². The molecule has 0 aliphatic heterocycles. The molecule has 0 bridgehead atoms. The summed E-state index contributed by atoms with van der Waals surface area (Å²) in [6, 6.07) is 10.7. The van der Waals surface area contributed by atoms with Crippen molar-refractivity contribution in [1.29, 1.82) is 0 Å². The summed E-state index contributed by atoms with van der Waals surface area (Å²) in [5, 5.41) is 7.06. The number of amides is 1. The number of nitrogens with zero attached hydrogens (tertiary/aromatic N) is 2. The first-order valence-electron chi connectivity index (χ1n) is 7.61. The lowest BCUT2D eigenvalue weighted by molar-refractivity contribution is 0.102. The molecule has 0 spiro atoms. The zero-order chi connectivity index (χ0) is 17.1. The molecule has 6 heteroatoms. The molecule has 1 aromatic carbocycles. The van der Waals surface area contributed by atoms with Gasteiger partial charge in [0.15, 0.2) is 0 Å². The molecule has 0 fully saturated rings. The molecule has 6 nitrogen and oxygen atoms in total. The highest BCUT2D eigenvalue weighted by Crippen LogP contribution is 2.11. The van der Waals surface area contributed by atoms with Crippen LogP contribution in [0.4, 0.5) is 5.69 Å². The van der Waals surface area contributed by atoms with Crippen LogP contribution in [0.3, 0.4) is 0 Å². The number of hydrogen-bond donors (Lipinski definition) is 2. The molecule has 1 amide bonds. The number of carbonyl (C=O) groups is 1. The zero-order valence-corrected chi connectivity index (χ0v) is 13.5. The van der Waals surface area contributed by atoms with E-state index in [2.05, 4.69) is 15.4 Å². The van der Waals surface area contributed by atoms with Gasteiger partial charge in [-0.1, -0.05) is 12.1 Å². The maximum atomic E-state index is 12.4. The predicted molar refractivity (Wildman–Crippen MR) is 92.3 cm³/mol. The molecule has 0 aliphatic rings. The van der Waals surface area contributed by atoms with Gasteiger partial charge in [-0.05, 0) is 37.6 Å². The SMILES string of the molecule is Cc1cc(C)n(Cc2cccc(C(=O)Nc3c[nH]ccc3=O)c2)n1. The topological polar surface area (TPSA) is 79.8 Å². The third kappa shape index (κ3) is 3.43. The number of nitrogens with one attached hydrogen (secondary N) is 2. The van der Waals surface area contributed by atoms with Crippen molar-refractivity contribution >= 4 is 11.6 Å². The molecule has 3 aromatic rings. The fraction of sp³-hybridized carbons (Fsp3) is 0.167. The quantitative estimate of drug-likeness (QED) is 0.774. The summed E-state index contributed by atoms with van der Waals surface area (Å²) in [4.78, 5) is 26.8. The van der Waals surface area contributed by atoms with Crippen LogP contribution in [0.25, 0.3) is 0 Å². The average molecular weight is 322 g/mol. The maximum Gasteiger partial charge on any atom is 0.255 e. The Morgan fingerprint density at radius 2 is 2.08 bits per heavy atom. The van der Waals surface area contributed by atoms with Crippen molar-refractivity contribution in [2.24, 2.45) is 0 Å². The van der Waals surface area contributed by atoms with Crippen LogP contribution in [0, 0.1) is 13.8 Å². The van der Waals surface area contributed by atoms with Gasteiger partial charge in [-0.15, -0.1) is 0 Å². The van der Waals surface area contributed by atoms with Crippen LogP contribution in [0.5, 0.6) is 0 Å². The van der Waals surface area contributed by atoms with Crippen molar-refractivity contribution in [3.8, 4) is 0 Å². The molecule has 0 aliphatic carbocycles. The number of benzene rings is 1. The normalized spacial score (nSPS) is 10.6. The van der Waals surface area contributed by atoms with Gasteiger partial charge in [0.1, 0.15) is 5.69 Å². The van der Waals surface area contributed by atoms with Crippen molar-refractivity contribution in [2.75, 3.05) is 5.32 Å². The Balaban J connectivity index is 1.80. The number of pyridine rings is 1. The van der Waals surface area contributed by atoms with Crippen molar-refractivity contribution < 1.29 is 4.79 Å². The molecule has 2 heterocycles. The molecule has 0 saturated heterocycles. The van der Waals surface area contributed by atoms with Gasteiger partial charge in [0.2, 0.25) is 5.43 Å². The molecule has 2 N–H and O–H groups in total. The van der Waals surface area contributed by atoms with Gasteiger partial charge >= 0.3 is 0 Å². The second kappa shape index (κ2) is 6.54. The number of aromatic amines is 1. The van der Waals surface area contributed by atoms with E-state index in [1.54, 1.807) is 6.07 Å². The Bertz CT molecular complexity index is 940. The number of aryl methyl sites for hydroxylation is 2. The van der Waals surface area contributed by atoms with E-state index in [4.69, 9.17) is 0 Å². The number of hydrogen-bond acceptors (Lipinski definition) is 3. The summed E-state index contributed by atoms with van der Waals surface area (Å²) in [6.07, 6.45) is 2.99. The first-order chi connectivity index (χ1) is 11.5. The van der Waals surface area contributed by atoms with Crippen LogP contribution < -0.4 is 10.7 Å². The lowest BCUT2D eigenvalue weighted by atomic mass is 10.1. The van der Waals surface area contributed by atoms with Crippen molar-refractivity contribution in [3.63, 3.8) is 0 Å². The van der Waals surface area contributed by atoms with Gasteiger partial charge < -0.3 is 10.3 Å². The van der Waals surface area contributed by atoms with E-state index in [9.17, 15) is 9.59 Å². The fourth-order valence-corrected chi connectivity index (χ4v) is 2.53. The summed E-state index contributed by atoms with van der Waals surface area (Å²) in [5.41, 5.74) is 3.49. The van der Waals surface area contributed by atoms with Crippen LogP contribution in [0.15, 0.2) is 53.6 Å². The van der Waals surface area contributed by atoms with E-state index in [1.807, 2.05) is 42.8 Å². The molecule has 0 radical (unpaired) electrons. The number of carbonyl (C=O) groups excluding carboxylic acids is 1. The Labute approximate surface area is 139 Å². The third-order valence-corrected chi connectivity index (χ3v) is 3.70. The number of aromatic nitrogens is 3. The average Bonchev–Trinajstić information content (AvgIpc) is 2.87. The molecule has 0 atom stereocenters. The molecular weight excluding hydrogens is 304 g/mol. The summed E-state index contributed by atoms with van der Waals surface area (Å²) in [6.45, 7) is 4.54. The van der Waals surface area contributed by atoms with Gasteiger partial charge in [-0.3, -0.25) is 14.3 Å². The molecule has 24 heavy (non-hydrogen) atoms. The molecule has 0 saturated carbocycles. The molecule has 2 aromatic heterocycles. The van der Waals surface area contributed by atoms with Crippen LogP contribution in [0.2, 0.25) is 0 Å². The smallest absolute Gasteiger partial charge is 0.255 e. The Hall–Kier alpha value is -3.15. The highest BCUT2D eigenvalue weighted by Gasteiger charge is 2.09. The number of anilines is 1. The summed E-state index contributed by atoms with van der Waals surface area (Å²) in [7, 11) is 0. The van der Waals surface area contributed by atoms with Crippen LogP contribution in [0.1, 0.15) is 27.3 Å². The first kappa shape index (κ1) is 15.7. The predicted octanol–water partition coefficient (Wildman–Crippen LogP) is 2.49. The molecular formula is C18H18N4O2. The Kier molecular flexibility index (Phi) is 4.29. The van der Waals surface area contributed by atoms with Gasteiger partial charge in [0.05, 0.1) is 12.2 Å². The first-order valence-corrected chi connectivity index (χ1v) is 7.61. The molecule has 122 valence electrons. The van der Waals surface area contributed by atoms with Crippen molar-refractivity contribution in [1.82, 2.24) is 14.8 Å². The minimum atomic E-state index is -0.318. The summed E-state index contributed by atoms with van der Waals surface area (Å²) >= 11 is 0. The van der Waals surface area contributed by atoms with E-state index < -0.39 is 0 Å². The van der Waals surface area contributed by atoms with E-state index in [1.165, 1.54) is 18.5 Å². The lowest BCUT2D eigenvalue weighted by Gasteiger charge is -2.08. The van der Waals surface area contributed by atoms with Gasteiger partial charge in [0, 0.05) is 29.7 Å². The molecule has 3 rings (SSSR count). The minimum absolute atomic E-state index is 0.228. The highest BCUT2D eigenvalue weighted by molar-refractivity contribution is 6.04. The lowest BCUT2D eigenvalue weighted by Crippen LogP contribution is -2.18. The third-order valence-electron chi connectivity index (χ3n) is 3.70. The van der Waals surface area contributed by atoms with E-state index in [-0.39, 0.29) is 17.0 Å². The van der Waals surface area contributed by atoms with Gasteiger partial charge in [-0.2, -0.15) is 5.10 Å². The summed E-state index contributed by atoms with van der Waals surface area (Å²) < 4.78 is 1.90. The van der Waals surface area contributed by atoms with Gasteiger partial charge in [-0.25, -0.2) is 0 Å². The molecule has 0 unspecified atom stereocenters. The van der Waals surface area contributed by atoms with Crippen molar-refractivity contribution in [3.05, 3.63) is 81.5 Å². The second-order valence-electron chi connectivity index (χ2n) is 5.66. The fourth-order valence-electron chi connectivity index (χ4n) is 2.53. The van der Waals surface area contributed by atoms with Crippen molar-refractivity contribution in [2.45, 2.75) is 20.4 Å².